The minimum atomic E-state index is -0.358. The quantitative estimate of drug-likeness (QED) is 0.399. The van der Waals surface area contributed by atoms with Crippen LogP contribution in [0.3, 0.4) is 0 Å². The van der Waals surface area contributed by atoms with Gasteiger partial charge < -0.3 is 14.7 Å². The number of carbonyl (C=O) groups is 2. The van der Waals surface area contributed by atoms with Crippen molar-refractivity contribution in [2.75, 3.05) is 7.11 Å². The van der Waals surface area contributed by atoms with E-state index in [2.05, 4.69) is 15.3 Å². The van der Waals surface area contributed by atoms with Gasteiger partial charge in [-0.1, -0.05) is 18.2 Å². The molecular formula is C21H13N3O3. The molecule has 1 aliphatic rings. The van der Waals surface area contributed by atoms with Gasteiger partial charge in [0.25, 0.3) is 11.8 Å². The van der Waals surface area contributed by atoms with Crippen LogP contribution in [0.15, 0.2) is 42.5 Å². The normalized spacial score (nSPS) is 13.8. The maximum atomic E-state index is 12.7. The number of aromatic nitrogens is 2. The molecule has 0 atom stereocenters. The molecule has 0 saturated carbocycles. The standard InChI is InChI=1S/C21H13N3O3/c1-27-9-6-7-11-13(8-9)23-19-15(11)17-16(20(25)24-21(17)26)14-10-4-2-3-5-12(10)22-18(14)19/h2-8,22-23H,1H3,(H,24,25,26). The van der Waals surface area contributed by atoms with Crippen LogP contribution in [-0.4, -0.2) is 28.9 Å². The number of benzene rings is 3. The molecule has 6 rings (SSSR count). The van der Waals surface area contributed by atoms with E-state index in [0.29, 0.717) is 11.1 Å². The topological polar surface area (TPSA) is 87.0 Å². The number of hydrogen-bond acceptors (Lipinski definition) is 3. The highest BCUT2D eigenvalue weighted by Gasteiger charge is 2.34. The highest BCUT2D eigenvalue weighted by molar-refractivity contribution is 6.39. The number of ether oxygens (including phenoxy) is 1. The fraction of sp³-hybridized carbons (Fsp3) is 0.0476. The van der Waals surface area contributed by atoms with E-state index in [1.807, 2.05) is 42.5 Å². The molecule has 0 aliphatic carbocycles. The van der Waals surface area contributed by atoms with Gasteiger partial charge in [0.1, 0.15) is 5.75 Å². The van der Waals surface area contributed by atoms with Crippen LogP contribution in [0.1, 0.15) is 20.7 Å². The second kappa shape index (κ2) is 4.67. The zero-order valence-electron chi connectivity index (χ0n) is 14.3. The van der Waals surface area contributed by atoms with Crippen LogP contribution < -0.4 is 10.1 Å². The Morgan fingerprint density at radius 1 is 0.778 bits per heavy atom. The molecule has 2 amide bonds. The van der Waals surface area contributed by atoms with Crippen molar-refractivity contribution in [1.82, 2.24) is 15.3 Å². The summed E-state index contributed by atoms with van der Waals surface area (Å²) in [5.41, 5.74) is 4.29. The van der Waals surface area contributed by atoms with Gasteiger partial charge in [0, 0.05) is 33.1 Å². The molecule has 6 heteroatoms. The fourth-order valence-corrected chi connectivity index (χ4v) is 4.27. The molecule has 0 fully saturated rings. The van der Waals surface area contributed by atoms with Gasteiger partial charge in [-0.05, 0) is 18.2 Å². The van der Waals surface area contributed by atoms with E-state index in [0.717, 1.165) is 49.4 Å². The van der Waals surface area contributed by atoms with E-state index in [-0.39, 0.29) is 11.8 Å². The molecule has 0 spiro atoms. The molecule has 1 aliphatic heterocycles. The lowest BCUT2D eigenvalue weighted by Crippen LogP contribution is -2.20. The number of rotatable bonds is 1. The average molecular weight is 355 g/mol. The van der Waals surface area contributed by atoms with Gasteiger partial charge in [-0.3, -0.25) is 14.9 Å². The van der Waals surface area contributed by atoms with Gasteiger partial charge in [-0.15, -0.1) is 0 Å². The van der Waals surface area contributed by atoms with Crippen molar-refractivity contribution < 1.29 is 14.3 Å². The third-order valence-electron chi connectivity index (χ3n) is 5.39. The predicted octanol–water partition coefficient (Wildman–Crippen LogP) is 3.85. The summed E-state index contributed by atoms with van der Waals surface area (Å²) in [5.74, 6) is 0.0116. The van der Waals surface area contributed by atoms with Crippen LogP contribution in [0.4, 0.5) is 0 Å². The van der Waals surface area contributed by atoms with Gasteiger partial charge in [-0.2, -0.15) is 0 Å². The third-order valence-corrected chi connectivity index (χ3v) is 5.39. The van der Waals surface area contributed by atoms with Crippen molar-refractivity contribution in [2.45, 2.75) is 0 Å². The van der Waals surface area contributed by atoms with Crippen molar-refractivity contribution in [3.63, 3.8) is 0 Å². The van der Waals surface area contributed by atoms with E-state index in [1.165, 1.54) is 0 Å². The molecule has 3 N–H and O–H groups in total. The van der Waals surface area contributed by atoms with Crippen LogP contribution in [0.5, 0.6) is 5.75 Å². The number of nitrogens with one attached hydrogen (secondary N) is 3. The number of hydrogen-bond donors (Lipinski definition) is 3. The first-order valence-electron chi connectivity index (χ1n) is 8.59. The summed E-state index contributed by atoms with van der Waals surface area (Å²) in [6.45, 7) is 0. The number of amides is 2. The Hall–Kier alpha value is -3.80. The Balaban J connectivity index is 1.95. The van der Waals surface area contributed by atoms with Gasteiger partial charge in [0.05, 0.1) is 34.8 Å². The van der Waals surface area contributed by atoms with Gasteiger partial charge in [0.15, 0.2) is 0 Å². The predicted molar refractivity (Wildman–Crippen MR) is 104 cm³/mol. The van der Waals surface area contributed by atoms with Gasteiger partial charge >= 0.3 is 0 Å². The number of fused-ring (bicyclic) bond motifs is 10. The molecule has 3 heterocycles. The van der Waals surface area contributed by atoms with E-state index < -0.39 is 0 Å². The van der Waals surface area contributed by atoms with E-state index >= 15 is 0 Å². The molecular weight excluding hydrogens is 342 g/mol. The van der Waals surface area contributed by atoms with E-state index in [4.69, 9.17) is 4.74 Å². The summed E-state index contributed by atoms with van der Waals surface area (Å²) < 4.78 is 5.32. The molecule has 2 aromatic heterocycles. The molecule has 0 bridgehead atoms. The molecule has 0 radical (unpaired) electrons. The van der Waals surface area contributed by atoms with Crippen molar-refractivity contribution in [2.24, 2.45) is 0 Å². The first-order chi connectivity index (χ1) is 13.2. The lowest BCUT2D eigenvalue weighted by atomic mass is 9.97. The van der Waals surface area contributed by atoms with E-state index in [9.17, 15) is 9.59 Å². The number of methoxy groups -OCH3 is 1. The van der Waals surface area contributed by atoms with Crippen molar-refractivity contribution in [1.29, 1.82) is 0 Å². The molecule has 130 valence electrons. The minimum absolute atomic E-state index is 0.352. The summed E-state index contributed by atoms with van der Waals surface area (Å²) in [6, 6.07) is 13.5. The SMILES string of the molecule is COc1ccc2c(c1)[nH]c1c3[nH]c4ccccc4c3c3c(c21)C(=O)NC3=O. The number of H-pyrrole nitrogens is 2. The van der Waals surface area contributed by atoms with Gasteiger partial charge in [-0.25, -0.2) is 0 Å². The molecule has 6 nitrogen and oxygen atoms in total. The van der Waals surface area contributed by atoms with Crippen LogP contribution in [0, 0.1) is 0 Å². The van der Waals surface area contributed by atoms with Crippen LogP contribution in [0.25, 0.3) is 43.6 Å². The fourth-order valence-electron chi connectivity index (χ4n) is 4.27. The highest BCUT2D eigenvalue weighted by atomic mass is 16.5. The smallest absolute Gasteiger partial charge is 0.259 e. The summed E-state index contributed by atoms with van der Waals surface area (Å²) in [6.07, 6.45) is 0. The minimum Gasteiger partial charge on any atom is -0.497 e. The van der Waals surface area contributed by atoms with Crippen LogP contribution in [-0.2, 0) is 0 Å². The maximum Gasteiger partial charge on any atom is 0.259 e. The number of imide groups is 1. The van der Waals surface area contributed by atoms with Gasteiger partial charge in [0.2, 0.25) is 0 Å². The average Bonchev–Trinajstić information content (AvgIpc) is 3.32. The van der Waals surface area contributed by atoms with Crippen molar-refractivity contribution >= 4 is 55.4 Å². The lowest BCUT2D eigenvalue weighted by Gasteiger charge is -2.03. The first kappa shape index (κ1) is 14.4. The molecule has 5 aromatic rings. The molecule has 0 saturated heterocycles. The number of carbonyl (C=O) groups excluding carboxylic acids is 2. The second-order valence-corrected chi connectivity index (χ2v) is 6.74. The maximum absolute atomic E-state index is 12.7. The summed E-state index contributed by atoms with van der Waals surface area (Å²) in [7, 11) is 1.61. The highest BCUT2D eigenvalue weighted by Crippen LogP contribution is 2.42. The summed E-state index contributed by atoms with van der Waals surface area (Å²) in [5, 5.41) is 5.80. The van der Waals surface area contributed by atoms with Crippen molar-refractivity contribution in [3.05, 3.63) is 53.6 Å². The van der Waals surface area contributed by atoms with Crippen molar-refractivity contribution in [3.8, 4) is 5.75 Å². The Kier molecular flexibility index (Phi) is 2.49. The van der Waals surface area contributed by atoms with Crippen LogP contribution >= 0.6 is 0 Å². The third kappa shape index (κ3) is 1.65. The molecule has 0 unspecified atom stereocenters. The largest absolute Gasteiger partial charge is 0.497 e. The molecule has 3 aromatic carbocycles. The Morgan fingerprint density at radius 2 is 1.41 bits per heavy atom. The summed E-state index contributed by atoms with van der Waals surface area (Å²) >= 11 is 0. The lowest BCUT2D eigenvalue weighted by molar-refractivity contribution is 0.0880. The Morgan fingerprint density at radius 3 is 2.11 bits per heavy atom. The Labute approximate surface area is 152 Å². The second-order valence-electron chi connectivity index (χ2n) is 6.74. The summed E-state index contributed by atoms with van der Waals surface area (Å²) in [4.78, 5) is 32.2. The number of aromatic amines is 2. The first-order valence-corrected chi connectivity index (χ1v) is 8.59. The Bertz CT molecular complexity index is 1470. The zero-order valence-corrected chi connectivity index (χ0v) is 14.3. The zero-order chi connectivity index (χ0) is 18.3. The van der Waals surface area contributed by atoms with Crippen LogP contribution in [0.2, 0.25) is 0 Å². The van der Waals surface area contributed by atoms with E-state index in [1.54, 1.807) is 7.11 Å². The molecule has 27 heavy (non-hydrogen) atoms. The number of para-hydroxylation sites is 1. The monoisotopic (exact) mass is 355 g/mol.